The first-order valence-electron chi connectivity index (χ1n) is 4.90. The van der Waals surface area contributed by atoms with E-state index in [1.807, 2.05) is 0 Å². The van der Waals surface area contributed by atoms with Gasteiger partial charge in [0.05, 0.1) is 12.3 Å². The Balaban J connectivity index is 2.63. The topological polar surface area (TPSA) is 70.9 Å². The second kappa shape index (κ2) is 5.75. The quantitative estimate of drug-likeness (QED) is 0.605. The van der Waals surface area contributed by atoms with Crippen LogP contribution in [0, 0.1) is 0 Å². The molecule has 0 saturated heterocycles. The standard InChI is InChI=1S/C11H14N2O3/c1-3-16-11(15)13-12-8(2)9-4-6-10(14)7-5-9/h4-7,14H,3H2,1-2H3,(H,13,15). The van der Waals surface area contributed by atoms with Crippen LogP contribution in [0.1, 0.15) is 19.4 Å². The third-order valence-corrected chi connectivity index (χ3v) is 1.88. The Morgan fingerprint density at radius 1 is 1.44 bits per heavy atom. The average Bonchev–Trinajstić information content (AvgIpc) is 2.27. The number of rotatable bonds is 3. The van der Waals surface area contributed by atoms with Gasteiger partial charge in [-0.2, -0.15) is 5.10 Å². The summed E-state index contributed by atoms with van der Waals surface area (Å²) in [7, 11) is 0. The van der Waals surface area contributed by atoms with E-state index < -0.39 is 6.09 Å². The minimum Gasteiger partial charge on any atom is -0.508 e. The summed E-state index contributed by atoms with van der Waals surface area (Å²) in [6.07, 6.45) is -0.583. The van der Waals surface area contributed by atoms with Crippen molar-refractivity contribution < 1.29 is 14.6 Å². The van der Waals surface area contributed by atoms with Crippen LogP contribution in [-0.4, -0.2) is 23.5 Å². The lowest BCUT2D eigenvalue weighted by Gasteiger charge is -2.02. The van der Waals surface area contributed by atoms with Crippen molar-refractivity contribution in [1.29, 1.82) is 0 Å². The van der Waals surface area contributed by atoms with Gasteiger partial charge in [0, 0.05) is 0 Å². The Labute approximate surface area is 93.7 Å². The van der Waals surface area contributed by atoms with Gasteiger partial charge in [-0.1, -0.05) is 0 Å². The van der Waals surface area contributed by atoms with Crippen LogP contribution in [0.2, 0.25) is 0 Å². The number of nitrogens with zero attached hydrogens (tertiary/aromatic N) is 1. The van der Waals surface area contributed by atoms with E-state index in [4.69, 9.17) is 5.11 Å². The molecule has 0 aliphatic heterocycles. The molecule has 16 heavy (non-hydrogen) atoms. The normalized spacial score (nSPS) is 11.0. The van der Waals surface area contributed by atoms with Gasteiger partial charge < -0.3 is 9.84 Å². The average molecular weight is 222 g/mol. The second-order valence-corrected chi connectivity index (χ2v) is 3.08. The Morgan fingerprint density at radius 3 is 2.62 bits per heavy atom. The van der Waals surface area contributed by atoms with Gasteiger partial charge in [0.2, 0.25) is 0 Å². The van der Waals surface area contributed by atoms with Crippen LogP contribution in [0.3, 0.4) is 0 Å². The number of aromatic hydroxyl groups is 1. The van der Waals surface area contributed by atoms with Gasteiger partial charge in [-0.25, -0.2) is 10.2 Å². The van der Waals surface area contributed by atoms with Gasteiger partial charge in [0.1, 0.15) is 5.75 Å². The van der Waals surface area contributed by atoms with Crippen molar-refractivity contribution in [2.45, 2.75) is 13.8 Å². The highest BCUT2D eigenvalue weighted by atomic mass is 16.5. The third-order valence-electron chi connectivity index (χ3n) is 1.88. The van der Waals surface area contributed by atoms with Crippen molar-refractivity contribution in [2.24, 2.45) is 5.10 Å². The van der Waals surface area contributed by atoms with Gasteiger partial charge in [-0.15, -0.1) is 0 Å². The summed E-state index contributed by atoms with van der Waals surface area (Å²) in [6, 6.07) is 6.53. The summed E-state index contributed by atoms with van der Waals surface area (Å²) in [5.41, 5.74) is 3.71. The molecule has 5 heteroatoms. The molecule has 0 radical (unpaired) electrons. The molecule has 1 amide bonds. The molecule has 0 spiro atoms. The first-order chi connectivity index (χ1) is 7.63. The Bertz CT molecular complexity index is 385. The molecule has 1 aromatic carbocycles. The number of hydrogen-bond donors (Lipinski definition) is 2. The fourth-order valence-corrected chi connectivity index (χ4v) is 1.06. The van der Waals surface area contributed by atoms with Crippen LogP contribution >= 0.6 is 0 Å². The molecule has 5 nitrogen and oxygen atoms in total. The number of ether oxygens (including phenoxy) is 1. The summed E-state index contributed by atoms with van der Waals surface area (Å²) in [5.74, 6) is 0.190. The smallest absolute Gasteiger partial charge is 0.427 e. The fourth-order valence-electron chi connectivity index (χ4n) is 1.06. The van der Waals surface area contributed by atoms with Gasteiger partial charge in [-0.3, -0.25) is 0 Å². The summed E-state index contributed by atoms with van der Waals surface area (Å²) in [4.78, 5) is 11.0. The molecule has 0 aliphatic rings. The SMILES string of the molecule is CCOC(=O)NN=C(C)c1ccc(O)cc1. The van der Waals surface area contributed by atoms with Crippen molar-refractivity contribution in [1.82, 2.24) is 5.43 Å². The van der Waals surface area contributed by atoms with Crippen LogP contribution < -0.4 is 5.43 Å². The molecular formula is C11H14N2O3. The lowest BCUT2D eigenvalue weighted by Crippen LogP contribution is -2.20. The van der Waals surface area contributed by atoms with E-state index >= 15 is 0 Å². The number of amides is 1. The molecule has 0 aliphatic carbocycles. The monoisotopic (exact) mass is 222 g/mol. The predicted octanol–water partition coefficient (Wildman–Crippen LogP) is 1.86. The first kappa shape index (κ1) is 12.0. The van der Waals surface area contributed by atoms with Crippen molar-refractivity contribution in [3.63, 3.8) is 0 Å². The van der Waals surface area contributed by atoms with Gasteiger partial charge in [-0.05, 0) is 43.7 Å². The highest BCUT2D eigenvalue weighted by Gasteiger charge is 2.00. The number of carbonyl (C=O) groups is 1. The maximum absolute atomic E-state index is 11.0. The molecule has 0 unspecified atom stereocenters. The van der Waals surface area contributed by atoms with E-state index in [0.717, 1.165) is 5.56 Å². The van der Waals surface area contributed by atoms with Gasteiger partial charge in [0.15, 0.2) is 0 Å². The number of phenolic OH excluding ortho intramolecular Hbond substituents is 1. The summed E-state index contributed by atoms with van der Waals surface area (Å²) >= 11 is 0. The number of hydrazone groups is 1. The zero-order chi connectivity index (χ0) is 12.0. The van der Waals surface area contributed by atoms with E-state index in [1.54, 1.807) is 38.1 Å². The van der Waals surface area contributed by atoms with Crippen LogP contribution in [0.4, 0.5) is 4.79 Å². The Morgan fingerprint density at radius 2 is 2.06 bits per heavy atom. The van der Waals surface area contributed by atoms with Crippen molar-refractivity contribution >= 4 is 11.8 Å². The third kappa shape index (κ3) is 3.61. The van der Waals surface area contributed by atoms with E-state index in [-0.39, 0.29) is 5.75 Å². The number of hydrogen-bond acceptors (Lipinski definition) is 4. The minimum absolute atomic E-state index is 0.190. The van der Waals surface area contributed by atoms with Crippen LogP contribution in [0.5, 0.6) is 5.75 Å². The zero-order valence-corrected chi connectivity index (χ0v) is 9.23. The van der Waals surface area contributed by atoms with E-state index in [9.17, 15) is 4.79 Å². The molecule has 0 atom stereocenters. The molecule has 86 valence electrons. The minimum atomic E-state index is -0.583. The zero-order valence-electron chi connectivity index (χ0n) is 9.23. The molecule has 0 fully saturated rings. The maximum atomic E-state index is 11.0. The first-order valence-corrected chi connectivity index (χ1v) is 4.90. The van der Waals surface area contributed by atoms with Crippen molar-refractivity contribution in [3.8, 4) is 5.75 Å². The molecule has 0 aromatic heterocycles. The second-order valence-electron chi connectivity index (χ2n) is 3.08. The molecule has 0 saturated carbocycles. The number of nitrogens with one attached hydrogen (secondary N) is 1. The van der Waals surface area contributed by atoms with Crippen LogP contribution in [-0.2, 0) is 4.74 Å². The van der Waals surface area contributed by atoms with Crippen LogP contribution in [0.25, 0.3) is 0 Å². The molecular weight excluding hydrogens is 208 g/mol. The van der Waals surface area contributed by atoms with Crippen LogP contribution in [0.15, 0.2) is 29.4 Å². The summed E-state index contributed by atoms with van der Waals surface area (Å²) in [6.45, 7) is 3.77. The lowest BCUT2D eigenvalue weighted by molar-refractivity contribution is 0.152. The molecule has 2 N–H and O–H groups in total. The van der Waals surface area contributed by atoms with Crippen molar-refractivity contribution in [2.75, 3.05) is 6.61 Å². The van der Waals surface area contributed by atoms with E-state index in [0.29, 0.717) is 12.3 Å². The predicted molar refractivity (Wildman–Crippen MR) is 60.5 cm³/mol. The van der Waals surface area contributed by atoms with Crippen molar-refractivity contribution in [3.05, 3.63) is 29.8 Å². The van der Waals surface area contributed by atoms with Gasteiger partial charge in [0.25, 0.3) is 0 Å². The molecule has 1 aromatic rings. The number of benzene rings is 1. The highest BCUT2D eigenvalue weighted by Crippen LogP contribution is 2.10. The van der Waals surface area contributed by atoms with Gasteiger partial charge >= 0.3 is 6.09 Å². The maximum Gasteiger partial charge on any atom is 0.427 e. The summed E-state index contributed by atoms with van der Waals surface area (Å²) in [5, 5.41) is 13.0. The molecule has 0 bridgehead atoms. The highest BCUT2D eigenvalue weighted by molar-refractivity contribution is 5.99. The number of phenols is 1. The lowest BCUT2D eigenvalue weighted by atomic mass is 10.1. The number of carbonyl (C=O) groups excluding carboxylic acids is 1. The largest absolute Gasteiger partial charge is 0.508 e. The molecule has 1 rings (SSSR count). The van der Waals surface area contributed by atoms with E-state index in [1.165, 1.54) is 0 Å². The fraction of sp³-hybridized carbons (Fsp3) is 0.273. The Kier molecular flexibility index (Phi) is 4.32. The Hall–Kier alpha value is -2.04. The summed E-state index contributed by atoms with van der Waals surface area (Å²) < 4.78 is 4.65. The van der Waals surface area contributed by atoms with E-state index in [2.05, 4.69) is 15.3 Å². The molecule has 0 heterocycles.